The molecule has 134 valence electrons. The standard InChI is InChI=1S/C19H18N2O5/c1-10(22)20-14-7-5-6-12-15(14)18(25)16(21-11(2)23)13(17(12)24)8-9-19(3,4)26/h5-7,26H,1-4H3,(H,20,22)(H,21,23). The molecular weight excluding hydrogens is 336 g/mol. The third kappa shape index (κ3) is 4.05. The smallest absolute Gasteiger partial charge is 0.221 e. The average molecular weight is 354 g/mol. The van der Waals surface area contributed by atoms with Crippen molar-refractivity contribution in [3.05, 3.63) is 40.6 Å². The predicted octanol–water partition coefficient (Wildman–Crippen LogP) is 1.19. The van der Waals surface area contributed by atoms with Gasteiger partial charge in [0.25, 0.3) is 0 Å². The normalized spacial score (nSPS) is 13.6. The number of anilines is 1. The van der Waals surface area contributed by atoms with E-state index in [1.807, 2.05) is 0 Å². The van der Waals surface area contributed by atoms with Crippen molar-refractivity contribution < 1.29 is 24.3 Å². The number of carbonyl (C=O) groups is 4. The monoisotopic (exact) mass is 354 g/mol. The zero-order chi connectivity index (χ0) is 19.6. The van der Waals surface area contributed by atoms with E-state index >= 15 is 0 Å². The second-order valence-corrected chi connectivity index (χ2v) is 6.31. The van der Waals surface area contributed by atoms with Crippen molar-refractivity contribution in [2.75, 3.05) is 5.32 Å². The molecule has 0 aromatic heterocycles. The highest BCUT2D eigenvalue weighted by molar-refractivity contribution is 6.31. The minimum atomic E-state index is -1.39. The van der Waals surface area contributed by atoms with E-state index in [1.165, 1.54) is 45.9 Å². The van der Waals surface area contributed by atoms with Gasteiger partial charge in [0.2, 0.25) is 23.4 Å². The zero-order valence-corrected chi connectivity index (χ0v) is 14.8. The molecule has 0 saturated carbocycles. The first kappa shape index (κ1) is 19.1. The highest BCUT2D eigenvalue weighted by Crippen LogP contribution is 2.30. The molecule has 0 radical (unpaired) electrons. The minimum Gasteiger partial charge on any atom is -0.378 e. The maximum absolute atomic E-state index is 12.9. The second kappa shape index (κ2) is 6.94. The Hall–Kier alpha value is -3.24. The molecule has 0 bridgehead atoms. The van der Waals surface area contributed by atoms with E-state index in [0.29, 0.717) is 0 Å². The highest BCUT2D eigenvalue weighted by Gasteiger charge is 2.34. The number of Topliss-reactive ketones (excluding diaryl/α,β-unsaturated/α-hetero) is 2. The highest BCUT2D eigenvalue weighted by atomic mass is 16.3. The number of carbonyl (C=O) groups excluding carboxylic acids is 4. The molecule has 26 heavy (non-hydrogen) atoms. The van der Waals surface area contributed by atoms with Crippen LogP contribution in [0.3, 0.4) is 0 Å². The van der Waals surface area contributed by atoms with Gasteiger partial charge in [0.1, 0.15) is 16.9 Å². The van der Waals surface area contributed by atoms with Crippen LogP contribution in [0, 0.1) is 11.8 Å². The number of hydrogen-bond acceptors (Lipinski definition) is 5. The van der Waals surface area contributed by atoms with Gasteiger partial charge in [0.15, 0.2) is 0 Å². The van der Waals surface area contributed by atoms with Crippen LogP contribution in [0.5, 0.6) is 0 Å². The number of amides is 2. The molecule has 1 aliphatic rings. The van der Waals surface area contributed by atoms with E-state index in [1.54, 1.807) is 0 Å². The molecule has 0 heterocycles. The Bertz CT molecular complexity index is 923. The molecule has 0 aliphatic heterocycles. The summed E-state index contributed by atoms with van der Waals surface area (Å²) in [6, 6.07) is 4.46. The summed E-state index contributed by atoms with van der Waals surface area (Å²) in [6.45, 7) is 5.33. The summed E-state index contributed by atoms with van der Waals surface area (Å²) in [5.41, 5.74) is -1.65. The lowest BCUT2D eigenvalue weighted by Gasteiger charge is -2.21. The van der Waals surface area contributed by atoms with Crippen LogP contribution in [0.25, 0.3) is 0 Å². The Morgan fingerprint density at radius 3 is 2.19 bits per heavy atom. The summed E-state index contributed by atoms with van der Waals surface area (Å²) in [6.07, 6.45) is 0. The van der Waals surface area contributed by atoms with Gasteiger partial charge in [-0.2, -0.15) is 0 Å². The summed E-state index contributed by atoms with van der Waals surface area (Å²) in [5, 5.41) is 14.6. The average Bonchev–Trinajstić information content (AvgIpc) is 2.49. The van der Waals surface area contributed by atoms with E-state index < -0.39 is 29.0 Å². The minimum absolute atomic E-state index is 0.00902. The predicted molar refractivity (Wildman–Crippen MR) is 94.3 cm³/mol. The van der Waals surface area contributed by atoms with Crippen molar-refractivity contribution in [3.8, 4) is 11.8 Å². The molecule has 1 aromatic rings. The van der Waals surface area contributed by atoms with E-state index in [9.17, 15) is 24.3 Å². The van der Waals surface area contributed by atoms with Gasteiger partial charge in [-0.05, 0) is 19.9 Å². The van der Waals surface area contributed by atoms with Crippen molar-refractivity contribution in [1.82, 2.24) is 5.32 Å². The SMILES string of the molecule is CC(=O)NC1=C(C#CC(C)(C)O)C(=O)c2cccc(NC(C)=O)c2C1=O. The van der Waals surface area contributed by atoms with Crippen molar-refractivity contribution in [2.45, 2.75) is 33.3 Å². The summed E-state index contributed by atoms with van der Waals surface area (Å²) in [4.78, 5) is 48.7. The van der Waals surface area contributed by atoms with Crippen LogP contribution in [-0.2, 0) is 9.59 Å². The van der Waals surface area contributed by atoms with Gasteiger partial charge in [-0.25, -0.2) is 0 Å². The van der Waals surface area contributed by atoms with Crippen LogP contribution in [0.4, 0.5) is 5.69 Å². The molecule has 3 N–H and O–H groups in total. The van der Waals surface area contributed by atoms with Crippen LogP contribution in [0.15, 0.2) is 29.5 Å². The van der Waals surface area contributed by atoms with Gasteiger partial charge in [0.05, 0.1) is 11.3 Å². The first-order valence-corrected chi connectivity index (χ1v) is 7.78. The summed E-state index contributed by atoms with van der Waals surface area (Å²) in [5.74, 6) is 2.81. The van der Waals surface area contributed by atoms with Crippen molar-refractivity contribution >= 4 is 29.1 Å². The van der Waals surface area contributed by atoms with Crippen molar-refractivity contribution in [3.63, 3.8) is 0 Å². The molecule has 7 heteroatoms. The fraction of sp³-hybridized carbons (Fsp3) is 0.263. The molecule has 0 saturated heterocycles. The first-order valence-electron chi connectivity index (χ1n) is 7.78. The van der Waals surface area contributed by atoms with Crippen LogP contribution in [0.2, 0.25) is 0 Å². The molecule has 0 fully saturated rings. The number of aliphatic hydroxyl groups is 1. The number of ketones is 2. The summed E-state index contributed by atoms with van der Waals surface area (Å²) in [7, 11) is 0. The summed E-state index contributed by atoms with van der Waals surface area (Å²) >= 11 is 0. The van der Waals surface area contributed by atoms with E-state index in [-0.39, 0.29) is 28.1 Å². The second-order valence-electron chi connectivity index (χ2n) is 6.31. The Kier molecular flexibility index (Phi) is 5.10. The lowest BCUT2D eigenvalue weighted by molar-refractivity contribution is -0.118. The van der Waals surface area contributed by atoms with Crippen LogP contribution in [-0.4, -0.2) is 34.1 Å². The summed E-state index contributed by atoms with van der Waals surface area (Å²) < 4.78 is 0. The molecule has 1 aromatic carbocycles. The van der Waals surface area contributed by atoms with Crippen LogP contribution in [0.1, 0.15) is 48.4 Å². The molecule has 0 unspecified atom stereocenters. The molecular formula is C19H18N2O5. The van der Waals surface area contributed by atoms with Crippen molar-refractivity contribution in [1.29, 1.82) is 0 Å². The van der Waals surface area contributed by atoms with E-state index in [2.05, 4.69) is 22.5 Å². The van der Waals surface area contributed by atoms with E-state index in [4.69, 9.17) is 0 Å². The van der Waals surface area contributed by atoms with Gasteiger partial charge in [-0.15, -0.1) is 0 Å². The molecule has 0 spiro atoms. The van der Waals surface area contributed by atoms with Gasteiger partial charge < -0.3 is 15.7 Å². The van der Waals surface area contributed by atoms with Gasteiger partial charge in [-0.1, -0.05) is 24.0 Å². The van der Waals surface area contributed by atoms with Gasteiger partial charge >= 0.3 is 0 Å². The van der Waals surface area contributed by atoms with Gasteiger partial charge in [0, 0.05) is 19.4 Å². The number of nitrogens with one attached hydrogen (secondary N) is 2. The fourth-order valence-electron chi connectivity index (χ4n) is 2.40. The number of allylic oxidation sites excluding steroid dienone is 2. The Morgan fingerprint density at radius 2 is 1.65 bits per heavy atom. The largest absolute Gasteiger partial charge is 0.378 e. The van der Waals surface area contributed by atoms with Crippen LogP contribution >= 0.6 is 0 Å². The zero-order valence-electron chi connectivity index (χ0n) is 14.8. The third-order valence-electron chi connectivity index (χ3n) is 3.35. The number of benzene rings is 1. The quantitative estimate of drug-likeness (QED) is 0.691. The Balaban J connectivity index is 2.72. The molecule has 7 nitrogen and oxygen atoms in total. The number of hydrogen-bond donors (Lipinski definition) is 3. The lowest BCUT2D eigenvalue weighted by Crippen LogP contribution is -2.33. The molecule has 2 rings (SSSR count). The first-order chi connectivity index (χ1) is 12.0. The van der Waals surface area contributed by atoms with Crippen LogP contribution < -0.4 is 10.6 Å². The van der Waals surface area contributed by atoms with Gasteiger partial charge in [-0.3, -0.25) is 19.2 Å². The molecule has 2 amide bonds. The Morgan fingerprint density at radius 1 is 1.04 bits per heavy atom. The topological polar surface area (TPSA) is 113 Å². The van der Waals surface area contributed by atoms with E-state index in [0.717, 1.165) is 0 Å². The Labute approximate surface area is 150 Å². The van der Waals surface area contributed by atoms with Crippen molar-refractivity contribution in [2.24, 2.45) is 0 Å². The third-order valence-corrected chi connectivity index (χ3v) is 3.35. The molecule has 1 aliphatic carbocycles. The lowest BCUT2D eigenvalue weighted by atomic mass is 9.85. The number of rotatable bonds is 2. The maximum Gasteiger partial charge on any atom is 0.221 e. The maximum atomic E-state index is 12.9. The number of fused-ring (bicyclic) bond motifs is 1. The molecule has 0 atom stereocenters. The fourth-order valence-corrected chi connectivity index (χ4v) is 2.40.